The van der Waals surface area contributed by atoms with E-state index in [1.165, 1.54) is 24.1 Å². The van der Waals surface area contributed by atoms with Crippen LogP contribution in [0.3, 0.4) is 0 Å². The summed E-state index contributed by atoms with van der Waals surface area (Å²) in [6, 6.07) is 7.15. The highest BCUT2D eigenvalue weighted by Gasteiger charge is 2.16. The van der Waals surface area contributed by atoms with Gasteiger partial charge in [0.1, 0.15) is 11.6 Å². The number of hydrogen-bond acceptors (Lipinski definition) is 3. The number of anilines is 1. The molecule has 0 bridgehead atoms. The van der Waals surface area contributed by atoms with Gasteiger partial charge >= 0.3 is 0 Å². The Bertz CT molecular complexity index is 941. The number of amides is 3. The zero-order valence-electron chi connectivity index (χ0n) is 15.3. The van der Waals surface area contributed by atoms with E-state index in [2.05, 4.69) is 10.6 Å². The fourth-order valence-corrected chi connectivity index (χ4v) is 2.62. The molecule has 0 aliphatic carbocycles. The molecule has 0 aliphatic rings. The highest BCUT2D eigenvalue weighted by atomic mass is 35.5. The van der Waals surface area contributed by atoms with Crippen molar-refractivity contribution in [1.29, 1.82) is 0 Å². The van der Waals surface area contributed by atoms with Crippen LogP contribution in [0.5, 0.6) is 0 Å². The van der Waals surface area contributed by atoms with Crippen molar-refractivity contribution in [3.05, 3.63) is 63.6 Å². The molecule has 6 nitrogen and oxygen atoms in total. The van der Waals surface area contributed by atoms with E-state index in [-0.39, 0.29) is 30.1 Å². The van der Waals surface area contributed by atoms with E-state index < -0.39 is 29.4 Å². The summed E-state index contributed by atoms with van der Waals surface area (Å²) in [6.07, 6.45) is -0.106. The quantitative estimate of drug-likeness (QED) is 0.687. The lowest BCUT2D eigenvalue weighted by molar-refractivity contribution is -0.133. The second-order valence-electron chi connectivity index (χ2n) is 6.06. The van der Waals surface area contributed by atoms with Crippen LogP contribution in [0.25, 0.3) is 0 Å². The second-order valence-corrected chi connectivity index (χ2v) is 6.87. The number of nitrogens with one attached hydrogen (secondary N) is 2. The first-order valence-corrected chi connectivity index (χ1v) is 9.15. The smallest absolute Gasteiger partial charge is 0.254 e. The molecule has 154 valence electrons. The van der Waals surface area contributed by atoms with E-state index in [9.17, 15) is 23.2 Å². The van der Waals surface area contributed by atoms with E-state index in [0.29, 0.717) is 16.8 Å². The molecule has 0 saturated carbocycles. The predicted octanol–water partition coefficient (Wildman–Crippen LogP) is 3.49. The van der Waals surface area contributed by atoms with Gasteiger partial charge < -0.3 is 15.5 Å². The maximum Gasteiger partial charge on any atom is 0.254 e. The third-order valence-electron chi connectivity index (χ3n) is 3.81. The summed E-state index contributed by atoms with van der Waals surface area (Å²) in [4.78, 5) is 37.2. The van der Waals surface area contributed by atoms with Crippen LogP contribution >= 0.6 is 23.2 Å². The van der Waals surface area contributed by atoms with Crippen molar-refractivity contribution in [1.82, 2.24) is 10.2 Å². The highest BCUT2D eigenvalue weighted by molar-refractivity contribution is 6.42. The first-order valence-electron chi connectivity index (χ1n) is 8.39. The van der Waals surface area contributed by atoms with Gasteiger partial charge in [0, 0.05) is 31.8 Å². The Morgan fingerprint density at radius 3 is 2.41 bits per heavy atom. The molecule has 0 aliphatic heterocycles. The van der Waals surface area contributed by atoms with E-state index in [1.54, 1.807) is 6.07 Å². The predicted molar refractivity (Wildman–Crippen MR) is 106 cm³/mol. The Hall–Kier alpha value is -2.71. The Labute approximate surface area is 175 Å². The van der Waals surface area contributed by atoms with Gasteiger partial charge in [-0.1, -0.05) is 23.2 Å². The minimum atomic E-state index is -0.995. The molecule has 0 heterocycles. The molecule has 0 unspecified atom stereocenters. The van der Waals surface area contributed by atoms with Crippen LogP contribution < -0.4 is 10.6 Å². The molecule has 29 heavy (non-hydrogen) atoms. The molecule has 3 amide bonds. The average molecular weight is 444 g/mol. The van der Waals surface area contributed by atoms with Gasteiger partial charge in [-0.25, -0.2) is 8.78 Å². The Morgan fingerprint density at radius 2 is 1.76 bits per heavy atom. The second kappa shape index (κ2) is 10.2. The number of benzene rings is 2. The number of rotatable bonds is 7. The van der Waals surface area contributed by atoms with Crippen LogP contribution in [-0.4, -0.2) is 42.8 Å². The fourth-order valence-electron chi connectivity index (χ4n) is 2.32. The lowest BCUT2D eigenvalue weighted by Crippen LogP contribution is -2.37. The van der Waals surface area contributed by atoms with Gasteiger partial charge in [-0.05, 0) is 30.3 Å². The molecule has 2 aromatic rings. The van der Waals surface area contributed by atoms with Crippen LogP contribution in [0.1, 0.15) is 16.8 Å². The van der Waals surface area contributed by atoms with Crippen LogP contribution in [0.15, 0.2) is 36.4 Å². The fraction of sp³-hybridized carbons (Fsp3) is 0.211. The molecular formula is C19H17Cl2F2N3O3. The summed E-state index contributed by atoms with van der Waals surface area (Å²) >= 11 is 11.7. The molecule has 10 heteroatoms. The number of nitrogens with zero attached hydrogens (tertiary/aromatic N) is 1. The van der Waals surface area contributed by atoms with Gasteiger partial charge in [0.05, 0.1) is 22.2 Å². The molecule has 2 N–H and O–H groups in total. The molecule has 0 aromatic heterocycles. The summed E-state index contributed by atoms with van der Waals surface area (Å²) in [5, 5.41) is 5.58. The molecule has 2 rings (SSSR count). The molecule has 0 radical (unpaired) electrons. The van der Waals surface area contributed by atoms with Gasteiger partial charge in [0.2, 0.25) is 11.8 Å². The van der Waals surface area contributed by atoms with Crippen molar-refractivity contribution in [2.24, 2.45) is 0 Å². The third kappa shape index (κ3) is 6.69. The summed E-state index contributed by atoms with van der Waals surface area (Å²) in [5.74, 6) is -3.42. The first-order chi connectivity index (χ1) is 13.7. The van der Waals surface area contributed by atoms with Crippen LogP contribution in [-0.2, 0) is 9.59 Å². The standard InChI is InChI=1S/C19H17Cl2F2N3O3/c1-26(10-17(27)25-12-3-5-14(20)15(21)9-12)18(28)6-7-24-19(29)13-4-2-11(22)8-16(13)23/h2-5,8-9H,6-7,10H2,1H3,(H,24,29)(H,25,27). The van der Waals surface area contributed by atoms with Crippen LogP contribution in [0.2, 0.25) is 10.0 Å². The first kappa shape index (κ1) is 22.6. The number of carbonyl (C=O) groups is 3. The summed E-state index contributed by atoms with van der Waals surface area (Å²) in [6.45, 7) is -0.299. The van der Waals surface area contributed by atoms with Gasteiger partial charge in [0.15, 0.2) is 0 Å². The Morgan fingerprint density at radius 1 is 1.03 bits per heavy atom. The summed E-state index contributed by atoms with van der Waals surface area (Å²) in [5.41, 5.74) is 0.104. The van der Waals surface area contributed by atoms with Gasteiger partial charge in [-0.15, -0.1) is 0 Å². The topological polar surface area (TPSA) is 78.5 Å². The highest BCUT2D eigenvalue weighted by Crippen LogP contribution is 2.24. The summed E-state index contributed by atoms with van der Waals surface area (Å²) in [7, 11) is 1.43. The van der Waals surface area contributed by atoms with Crippen LogP contribution in [0, 0.1) is 11.6 Å². The van der Waals surface area contributed by atoms with Crippen molar-refractivity contribution in [2.45, 2.75) is 6.42 Å². The normalized spacial score (nSPS) is 10.4. The number of halogens is 4. The van der Waals surface area contributed by atoms with E-state index in [1.807, 2.05) is 0 Å². The monoisotopic (exact) mass is 443 g/mol. The van der Waals surface area contributed by atoms with Crippen molar-refractivity contribution >= 4 is 46.6 Å². The van der Waals surface area contributed by atoms with E-state index in [4.69, 9.17) is 23.2 Å². The van der Waals surface area contributed by atoms with Crippen molar-refractivity contribution in [3.8, 4) is 0 Å². The average Bonchev–Trinajstić information content (AvgIpc) is 2.64. The number of likely N-dealkylation sites (N-methyl/N-ethyl adjacent to an activating group) is 1. The number of carbonyl (C=O) groups excluding carboxylic acids is 3. The molecule has 0 atom stereocenters. The SMILES string of the molecule is CN(CC(=O)Nc1ccc(Cl)c(Cl)c1)C(=O)CCNC(=O)c1ccc(F)cc1F. The van der Waals surface area contributed by atoms with Gasteiger partial charge in [-0.2, -0.15) is 0 Å². The summed E-state index contributed by atoms with van der Waals surface area (Å²) < 4.78 is 26.4. The minimum absolute atomic E-state index is 0.0762. The zero-order chi connectivity index (χ0) is 21.6. The van der Waals surface area contributed by atoms with Crippen LogP contribution in [0.4, 0.5) is 14.5 Å². The van der Waals surface area contributed by atoms with E-state index >= 15 is 0 Å². The molecule has 0 spiro atoms. The Kier molecular flexibility index (Phi) is 7.92. The lowest BCUT2D eigenvalue weighted by atomic mass is 10.2. The molecule has 0 saturated heterocycles. The van der Waals surface area contributed by atoms with E-state index in [0.717, 1.165) is 12.1 Å². The minimum Gasteiger partial charge on any atom is -0.351 e. The van der Waals surface area contributed by atoms with Gasteiger partial charge in [0.25, 0.3) is 5.91 Å². The maximum atomic E-state index is 13.5. The third-order valence-corrected chi connectivity index (χ3v) is 4.55. The zero-order valence-corrected chi connectivity index (χ0v) is 16.8. The van der Waals surface area contributed by atoms with Crippen molar-refractivity contribution in [2.75, 3.05) is 25.5 Å². The Balaban J connectivity index is 1.78. The van der Waals surface area contributed by atoms with Gasteiger partial charge in [-0.3, -0.25) is 14.4 Å². The van der Waals surface area contributed by atoms with Crippen molar-refractivity contribution < 1.29 is 23.2 Å². The largest absolute Gasteiger partial charge is 0.351 e. The number of hydrogen-bond donors (Lipinski definition) is 2. The van der Waals surface area contributed by atoms with Crippen molar-refractivity contribution in [3.63, 3.8) is 0 Å². The molecule has 2 aromatic carbocycles. The maximum absolute atomic E-state index is 13.5. The molecule has 0 fully saturated rings. The lowest BCUT2D eigenvalue weighted by Gasteiger charge is -2.17. The molecular weight excluding hydrogens is 427 g/mol.